The van der Waals surface area contributed by atoms with Gasteiger partial charge in [0, 0.05) is 43.0 Å². The molecule has 1 unspecified atom stereocenters. The largest absolute Gasteiger partial charge is 0.361 e. The highest BCUT2D eigenvalue weighted by molar-refractivity contribution is 5.90. The van der Waals surface area contributed by atoms with Crippen molar-refractivity contribution in [2.24, 2.45) is 0 Å². The van der Waals surface area contributed by atoms with Gasteiger partial charge < -0.3 is 14.4 Å². The Labute approximate surface area is 146 Å². The highest BCUT2D eigenvalue weighted by atomic mass is 16.5. The molecule has 6 nitrogen and oxygen atoms in total. The van der Waals surface area contributed by atoms with Crippen molar-refractivity contribution in [2.75, 3.05) is 13.1 Å². The van der Waals surface area contributed by atoms with Crippen molar-refractivity contribution in [3.05, 3.63) is 47.2 Å². The molecule has 3 aromatic rings. The van der Waals surface area contributed by atoms with Crippen LogP contribution < -0.4 is 0 Å². The number of rotatable bonds is 3. The fourth-order valence-corrected chi connectivity index (χ4v) is 3.68. The Morgan fingerprint density at radius 1 is 1.40 bits per heavy atom. The summed E-state index contributed by atoms with van der Waals surface area (Å²) in [6.07, 6.45) is 4.34. The van der Waals surface area contributed by atoms with Crippen LogP contribution in [-0.2, 0) is 11.2 Å². The van der Waals surface area contributed by atoms with E-state index < -0.39 is 0 Å². The maximum atomic E-state index is 12.8. The number of hydrogen-bond donors (Lipinski definition) is 1. The molecule has 1 saturated heterocycles. The highest BCUT2D eigenvalue weighted by Gasteiger charge is 2.28. The Bertz CT molecular complexity index is 911. The van der Waals surface area contributed by atoms with Gasteiger partial charge in [-0.2, -0.15) is 4.98 Å². The third kappa shape index (κ3) is 3.04. The quantitative estimate of drug-likeness (QED) is 0.796. The average molecular weight is 338 g/mol. The third-order valence-electron chi connectivity index (χ3n) is 5.03. The van der Waals surface area contributed by atoms with E-state index in [-0.39, 0.29) is 11.8 Å². The summed E-state index contributed by atoms with van der Waals surface area (Å²) in [4.78, 5) is 22.4. The fraction of sp³-hybridized carbons (Fsp3) is 0.421. The number of aromatic nitrogens is 3. The van der Waals surface area contributed by atoms with Crippen LogP contribution in [0.4, 0.5) is 0 Å². The third-order valence-corrected chi connectivity index (χ3v) is 5.03. The van der Waals surface area contributed by atoms with Crippen molar-refractivity contribution in [3.63, 3.8) is 0 Å². The van der Waals surface area contributed by atoms with Gasteiger partial charge in [0.15, 0.2) is 5.82 Å². The average Bonchev–Trinajstić information content (AvgIpc) is 3.23. The molecule has 6 heteroatoms. The molecular formula is C19H22N4O2. The van der Waals surface area contributed by atoms with E-state index in [1.165, 1.54) is 5.56 Å². The maximum Gasteiger partial charge on any atom is 0.227 e. The fourth-order valence-electron chi connectivity index (χ4n) is 3.68. The normalized spacial score (nSPS) is 18.0. The summed E-state index contributed by atoms with van der Waals surface area (Å²) >= 11 is 0. The second-order valence-electron chi connectivity index (χ2n) is 6.84. The number of amides is 1. The molecule has 0 radical (unpaired) electrons. The predicted molar refractivity (Wildman–Crippen MR) is 94.3 cm³/mol. The summed E-state index contributed by atoms with van der Waals surface area (Å²) in [7, 11) is 0. The van der Waals surface area contributed by atoms with E-state index in [4.69, 9.17) is 4.52 Å². The van der Waals surface area contributed by atoms with Crippen LogP contribution in [0.25, 0.3) is 10.9 Å². The Morgan fingerprint density at radius 2 is 2.28 bits per heavy atom. The van der Waals surface area contributed by atoms with Crippen LogP contribution in [0.15, 0.2) is 28.9 Å². The van der Waals surface area contributed by atoms with Gasteiger partial charge in [0.1, 0.15) is 0 Å². The summed E-state index contributed by atoms with van der Waals surface area (Å²) < 4.78 is 5.09. The van der Waals surface area contributed by atoms with Crippen molar-refractivity contribution in [2.45, 2.75) is 39.0 Å². The van der Waals surface area contributed by atoms with E-state index in [1.807, 2.05) is 17.2 Å². The number of nitrogens with one attached hydrogen (secondary N) is 1. The van der Waals surface area contributed by atoms with Gasteiger partial charge in [-0.05, 0) is 30.9 Å². The van der Waals surface area contributed by atoms with Crippen molar-refractivity contribution >= 4 is 16.8 Å². The summed E-state index contributed by atoms with van der Waals surface area (Å²) in [6.45, 7) is 5.33. The molecule has 1 aromatic carbocycles. The molecule has 1 aliphatic heterocycles. The molecule has 1 aliphatic rings. The Balaban J connectivity index is 1.49. The van der Waals surface area contributed by atoms with Crippen LogP contribution in [0.2, 0.25) is 0 Å². The van der Waals surface area contributed by atoms with E-state index in [1.54, 1.807) is 6.92 Å². The number of nitrogens with zero attached hydrogens (tertiary/aromatic N) is 3. The lowest BCUT2D eigenvalue weighted by atomic mass is 9.96. The zero-order valence-corrected chi connectivity index (χ0v) is 14.6. The topological polar surface area (TPSA) is 75.0 Å². The van der Waals surface area contributed by atoms with E-state index in [0.717, 1.165) is 41.7 Å². The van der Waals surface area contributed by atoms with Crippen LogP contribution >= 0.6 is 0 Å². The smallest absolute Gasteiger partial charge is 0.227 e. The van der Waals surface area contributed by atoms with Gasteiger partial charge in [-0.1, -0.05) is 23.4 Å². The van der Waals surface area contributed by atoms with E-state index in [9.17, 15) is 4.79 Å². The maximum absolute atomic E-state index is 12.8. The van der Waals surface area contributed by atoms with Gasteiger partial charge in [-0.3, -0.25) is 4.79 Å². The number of likely N-dealkylation sites (tertiary alicyclic amines) is 1. The number of hydrogen-bond acceptors (Lipinski definition) is 4. The van der Waals surface area contributed by atoms with Gasteiger partial charge in [0.05, 0.1) is 6.42 Å². The van der Waals surface area contributed by atoms with Crippen LogP contribution in [0, 0.1) is 13.8 Å². The van der Waals surface area contributed by atoms with Crippen LogP contribution in [0.5, 0.6) is 0 Å². The van der Waals surface area contributed by atoms with Crippen LogP contribution in [0.3, 0.4) is 0 Å². The van der Waals surface area contributed by atoms with Gasteiger partial charge >= 0.3 is 0 Å². The van der Waals surface area contributed by atoms with Crippen molar-refractivity contribution < 1.29 is 9.32 Å². The van der Waals surface area contributed by atoms with Crippen LogP contribution in [-0.4, -0.2) is 39.0 Å². The molecule has 0 bridgehead atoms. The lowest BCUT2D eigenvalue weighted by Gasteiger charge is -2.31. The summed E-state index contributed by atoms with van der Waals surface area (Å²) in [5, 5.41) is 5.17. The Hall–Kier alpha value is -2.63. The molecule has 1 amide bonds. The van der Waals surface area contributed by atoms with Gasteiger partial charge in [0.2, 0.25) is 11.8 Å². The second-order valence-corrected chi connectivity index (χ2v) is 6.84. The molecule has 0 spiro atoms. The lowest BCUT2D eigenvalue weighted by Crippen LogP contribution is -2.40. The Morgan fingerprint density at radius 3 is 3.08 bits per heavy atom. The molecule has 2 aromatic heterocycles. The number of H-pyrrole nitrogens is 1. The molecule has 3 heterocycles. The molecule has 130 valence electrons. The number of piperidine rings is 1. The van der Waals surface area contributed by atoms with Gasteiger partial charge in [-0.15, -0.1) is 0 Å². The number of carbonyl (C=O) groups is 1. The number of aromatic amines is 1. The molecule has 0 saturated carbocycles. The zero-order valence-electron chi connectivity index (χ0n) is 14.6. The van der Waals surface area contributed by atoms with Crippen molar-refractivity contribution in [1.82, 2.24) is 20.0 Å². The lowest BCUT2D eigenvalue weighted by molar-refractivity contribution is -0.131. The molecule has 0 aliphatic carbocycles. The van der Waals surface area contributed by atoms with Crippen molar-refractivity contribution in [3.8, 4) is 0 Å². The molecule has 25 heavy (non-hydrogen) atoms. The number of fused-ring (bicyclic) bond motifs is 1. The van der Waals surface area contributed by atoms with Crippen molar-refractivity contribution in [1.29, 1.82) is 0 Å². The molecule has 1 fully saturated rings. The summed E-state index contributed by atoms with van der Waals surface area (Å²) in [5.74, 6) is 1.62. The minimum Gasteiger partial charge on any atom is -0.361 e. The number of benzene rings is 1. The first-order valence-corrected chi connectivity index (χ1v) is 8.75. The molecule has 4 rings (SSSR count). The van der Waals surface area contributed by atoms with Gasteiger partial charge in [-0.25, -0.2) is 0 Å². The summed E-state index contributed by atoms with van der Waals surface area (Å²) in [6, 6.07) is 6.18. The number of aryl methyl sites for hydroxylation is 2. The monoisotopic (exact) mass is 338 g/mol. The number of carbonyl (C=O) groups excluding carboxylic acids is 1. The van der Waals surface area contributed by atoms with E-state index in [2.05, 4.69) is 34.2 Å². The van der Waals surface area contributed by atoms with E-state index in [0.29, 0.717) is 18.9 Å². The molecule has 1 N–H and O–H groups in total. The first-order valence-electron chi connectivity index (χ1n) is 8.75. The van der Waals surface area contributed by atoms with E-state index >= 15 is 0 Å². The van der Waals surface area contributed by atoms with Gasteiger partial charge in [0.25, 0.3) is 0 Å². The minimum absolute atomic E-state index is 0.160. The zero-order chi connectivity index (χ0) is 17.4. The summed E-state index contributed by atoms with van der Waals surface area (Å²) in [5.41, 5.74) is 3.37. The minimum atomic E-state index is 0.160. The predicted octanol–water partition coefficient (Wildman–Crippen LogP) is 3.12. The molecular weight excluding hydrogens is 316 g/mol. The first kappa shape index (κ1) is 15.9. The molecule has 1 atom stereocenters. The second kappa shape index (κ2) is 6.35. The SMILES string of the molecule is Cc1nc(C2CCCN(C(=O)Cc3c[nH]c4c(C)cccc34)C2)no1. The number of para-hydroxylation sites is 1. The highest BCUT2D eigenvalue weighted by Crippen LogP contribution is 2.26. The Kier molecular flexibility index (Phi) is 4.03. The van der Waals surface area contributed by atoms with Crippen LogP contribution in [0.1, 0.15) is 41.6 Å². The first-order chi connectivity index (χ1) is 12.1. The standard InChI is InChI=1S/C19H22N4O2/c1-12-5-3-7-16-15(10-20-18(12)16)9-17(24)23-8-4-6-14(11-23)19-21-13(2)25-22-19/h3,5,7,10,14,20H,4,6,8-9,11H2,1-2H3.